The Kier molecular flexibility index (Phi) is 5.34. The zero-order valence-corrected chi connectivity index (χ0v) is 15.9. The van der Waals surface area contributed by atoms with E-state index in [1.165, 1.54) is 0 Å². The number of cyclic esters (lactones) is 1. The second kappa shape index (κ2) is 8.22. The number of thiazole rings is 1. The monoisotopic (exact) mass is 393 g/mol. The minimum absolute atomic E-state index is 0.0670. The third kappa shape index (κ3) is 4.20. The first-order valence-electron chi connectivity index (χ1n) is 9.03. The highest BCUT2D eigenvalue weighted by Gasteiger charge is 2.23. The smallest absolute Gasteiger partial charge is 0.414 e. The molecule has 7 heteroatoms. The maximum atomic E-state index is 12.2. The first-order chi connectivity index (χ1) is 13.7. The fraction of sp³-hybridized carbons (Fsp3) is 0.190. The molecule has 0 bridgehead atoms. The minimum Gasteiger partial charge on any atom is -0.447 e. The molecule has 2 aromatic carbocycles. The van der Waals surface area contributed by atoms with Crippen molar-refractivity contribution in [1.29, 1.82) is 0 Å². The quantitative estimate of drug-likeness (QED) is 0.676. The first kappa shape index (κ1) is 18.2. The average Bonchev–Trinajstić information content (AvgIpc) is 3.37. The number of benzene rings is 2. The minimum atomic E-state index is -0.338. The van der Waals surface area contributed by atoms with Crippen LogP contribution in [0.25, 0.3) is 10.6 Å². The SMILES string of the molecule is O=C(CCc1csc(-c2ccccc2)n1)Nc1ccc(N2CCOC2=O)cc1. The second-order valence-corrected chi connectivity index (χ2v) is 7.23. The molecule has 1 N–H and O–H groups in total. The van der Waals surface area contributed by atoms with Gasteiger partial charge in [-0.15, -0.1) is 11.3 Å². The lowest BCUT2D eigenvalue weighted by Crippen LogP contribution is -2.23. The summed E-state index contributed by atoms with van der Waals surface area (Å²) in [6.07, 6.45) is 0.611. The first-order valence-corrected chi connectivity index (χ1v) is 9.91. The van der Waals surface area contributed by atoms with Gasteiger partial charge in [-0.05, 0) is 30.7 Å². The number of aryl methyl sites for hydroxylation is 1. The number of hydrogen-bond donors (Lipinski definition) is 1. The summed E-state index contributed by atoms with van der Waals surface area (Å²) in [5.41, 5.74) is 3.47. The van der Waals surface area contributed by atoms with Crippen LogP contribution in [0, 0.1) is 0 Å². The summed E-state index contributed by atoms with van der Waals surface area (Å²) in [5.74, 6) is -0.0670. The molecule has 1 aliphatic heterocycles. The van der Waals surface area contributed by atoms with Crippen molar-refractivity contribution in [3.63, 3.8) is 0 Å². The number of hydrogen-bond acceptors (Lipinski definition) is 5. The number of carbonyl (C=O) groups is 2. The van der Waals surface area contributed by atoms with Gasteiger partial charge in [0.05, 0.1) is 12.2 Å². The van der Waals surface area contributed by atoms with Crippen LogP contribution in [0.1, 0.15) is 12.1 Å². The summed E-state index contributed by atoms with van der Waals surface area (Å²) in [6.45, 7) is 0.947. The molecular formula is C21H19N3O3S. The van der Waals surface area contributed by atoms with Gasteiger partial charge >= 0.3 is 6.09 Å². The Morgan fingerprint density at radius 2 is 1.93 bits per heavy atom. The molecule has 0 spiro atoms. The maximum absolute atomic E-state index is 12.2. The number of aromatic nitrogens is 1. The van der Waals surface area contributed by atoms with Crippen molar-refractivity contribution in [2.45, 2.75) is 12.8 Å². The van der Waals surface area contributed by atoms with Crippen LogP contribution in [0.3, 0.4) is 0 Å². The van der Waals surface area contributed by atoms with Crippen molar-refractivity contribution in [2.24, 2.45) is 0 Å². The second-order valence-electron chi connectivity index (χ2n) is 6.37. The summed E-state index contributed by atoms with van der Waals surface area (Å²) < 4.78 is 4.93. The van der Waals surface area contributed by atoms with Gasteiger partial charge in [-0.2, -0.15) is 0 Å². The van der Waals surface area contributed by atoms with E-state index in [0.717, 1.165) is 22.0 Å². The molecule has 3 aromatic rings. The third-order valence-corrected chi connectivity index (χ3v) is 5.34. The van der Waals surface area contributed by atoms with Crippen LogP contribution >= 0.6 is 11.3 Å². The van der Waals surface area contributed by atoms with E-state index in [1.54, 1.807) is 40.5 Å². The Morgan fingerprint density at radius 1 is 1.14 bits per heavy atom. The molecule has 1 saturated heterocycles. The highest BCUT2D eigenvalue weighted by atomic mass is 32.1. The van der Waals surface area contributed by atoms with Gasteiger partial charge in [0.25, 0.3) is 0 Å². The lowest BCUT2D eigenvalue weighted by Gasteiger charge is -2.13. The van der Waals surface area contributed by atoms with Crippen LogP contribution in [0.5, 0.6) is 0 Å². The predicted molar refractivity (Wildman–Crippen MR) is 110 cm³/mol. The lowest BCUT2D eigenvalue weighted by molar-refractivity contribution is -0.116. The van der Waals surface area contributed by atoms with E-state index in [9.17, 15) is 9.59 Å². The van der Waals surface area contributed by atoms with E-state index in [0.29, 0.717) is 31.7 Å². The summed E-state index contributed by atoms with van der Waals surface area (Å²) in [7, 11) is 0. The van der Waals surface area contributed by atoms with Crippen molar-refractivity contribution < 1.29 is 14.3 Å². The summed E-state index contributed by atoms with van der Waals surface area (Å²) in [4.78, 5) is 30.0. The van der Waals surface area contributed by atoms with E-state index < -0.39 is 0 Å². The number of carbonyl (C=O) groups excluding carboxylic acids is 2. The van der Waals surface area contributed by atoms with Gasteiger partial charge in [0.1, 0.15) is 11.6 Å². The number of rotatable bonds is 6. The largest absolute Gasteiger partial charge is 0.447 e. The van der Waals surface area contributed by atoms with Gasteiger partial charge in [-0.3, -0.25) is 9.69 Å². The van der Waals surface area contributed by atoms with Gasteiger partial charge < -0.3 is 10.1 Å². The molecule has 2 heterocycles. The van der Waals surface area contributed by atoms with Crippen LogP contribution in [-0.4, -0.2) is 30.1 Å². The topological polar surface area (TPSA) is 71.5 Å². The molecule has 2 amide bonds. The Balaban J connectivity index is 1.30. The van der Waals surface area contributed by atoms with E-state index in [4.69, 9.17) is 4.74 Å². The molecule has 28 heavy (non-hydrogen) atoms. The van der Waals surface area contributed by atoms with E-state index in [1.807, 2.05) is 35.7 Å². The predicted octanol–water partition coefficient (Wildman–Crippen LogP) is 4.34. The lowest BCUT2D eigenvalue weighted by atomic mass is 10.2. The molecule has 0 aliphatic carbocycles. The molecule has 0 unspecified atom stereocenters. The van der Waals surface area contributed by atoms with Gasteiger partial charge in [0.15, 0.2) is 0 Å². The summed E-state index contributed by atoms with van der Waals surface area (Å²) >= 11 is 1.59. The standard InChI is InChI=1S/C21H19N3O3S/c25-19(11-8-17-14-28-20(23-17)15-4-2-1-3-5-15)22-16-6-9-18(10-7-16)24-12-13-27-21(24)26/h1-7,9-10,14H,8,11-13H2,(H,22,25). The fourth-order valence-electron chi connectivity index (χ4n) is 2.95. The number of nitrogens with zero attached hydrogens (tertiary/aromatic N) is 2. The van der Waals surface area contributed by atoms with Crippen LogP contribution in [-0.2, 0) is 16.0 Å². The molecule has 1 fully saturated rings. The normalized spacial score (nSPS) is 13.4. The summed E-state index contributed by atoms with van der Waals surface area (Å²) in [5, 5.41) is 5.85. The molecule has 0 saturated carbocycles. The molecule has 0 radical (unpaired) electrons. The van der Waals surface area contributed by atoms with Crippen molar-refractivity contribution in [1.82, 2.24) is 4.98 Å². The van der Waals surface area contributed by atoms with Crippen molar-refractivity contribution >= 4 is 34.7 Å². The molecule has 4 rings (SSSR count). The van der Waals surface area contributed by atoms with Gasteiger partial charge in [-0.25, -0.2) is 9.78 Å². The van der Waals surface area contributed by atoms with Crippen molar-refractivity contribution in [3.8, 4) is 10.6 Å². The van der Waals surface area contributed by atoms with Gasteiger partial charge in [0, 0.05) is 28.7 Å². The molecule has 0 atom stereocenters. The van der Waals surface area contributed by atoms with E-state index in [-0.39, 0.29) is 12.0 Å². The molecule has 1 aliphatic rings. The summed E-state index contributed by atoms with van der Waals surface area (Å²) in [6, 6.07) is 17.2. The average molecular weight is 393 g/mol. The Labute approximate surface area is 166 Å². The Bertz CT molecular complexity index is 970. The highest BCUT2D eigenvalue weighted by molar-refractivity contribution is 7.13. The van der Waals surface area contributed by atoms with Crippen molar-refractivity contribution in [2.75, 3.05) is 23.4 Å². The van der Waals surface area contributed by atoms with Crippen LogP contribution in [0.4, 0.5) is 16.2 Å². The molecule has 6 nitrogen and oxygen atoms in total. The number of anilines is 2. The van der Waals surface area contributed by atoms with Crippen LogP contribution in [0.2, 0.25) is 0 Å². The van der Waals surface area contributed by atoms with E-state index in [2.05, 4.69) is 10.3 Å². The number of ether oxygens (including phenoxy) is 1. The highest BCUT2D eigenvalue weighted by Crippen LogP contribution is 2.24. The zero-order chi connectivity index (χ0) is 19.3. The van der Waals surface area contributed by atoms with Gasteiger partial charge in [-0.1, -0.05) is 30.3 Å². The zero-order valence-electron chi connectivity index (χ0n) is 15.1. The molecular weight excluding hydrogens is 374 g/mol. The van der Waals surface area contributed by atoms with Gasteiger partial charge in [0.2, 0.25) is 5.91 Å². The number of nitrogens with one attached hydrogen (secondary N) is 1. The number of amides is 2. The van der Waals surface area contributed by atoms with Crippen molar-refractivity contribution in [3.05, 3.63) is 65.7 Å². The fourth-order valence-corrected chi connectivity index (χ4v) is 3.81. The Hall–Kier alpha value is -3.19. The van der Waals surface area contributed by atoms with E-state index >= 15 is 0 Å². The Morgan fingerprint density at radius 3 is 2.64 bits per heavy atom. The molecule has 142 valence electrons. The van der Waals surface area contributed by atoms with Crippen LogP contribution in [0.15, 0.2) is 60.0 Å². The maximum Gasteiger partial charge on any atom is 0.414 e. The molecule has 1 aromatic heterocycles. The third-order valence-electron chi connectivity index (χ3n) is 4.40. The van der Waals surface area contributed by atoms with Crippen LogP contribution < -0.4 is 10.2 Å².